The maximum atomic E-state index is 4.36. The molecule has 2 unspecified atom stereocenters. The van der Waals surface area contributed by atoms with Crippen LogP contribution in [0.25, 0.3) is 0 Å². The van der Waals surface area contributed by atoms with Crippen molar-refractivity contribution >= 4 is 11.8 Å². The summed E-state index contributed by atoms with van der Waals surface area (Å²) < 4.78 is 0. The smallest absolute Gasteiger partial charge is 0.115 e. The van der Waals surface area contributed by atoms with Gasteiger partial charge in [0.25, 0.3) is 0 Å². The Kier molecular flexibility index (Phi) is 4.05. The van der Waals surface area contributed by atoms with Crippen LogP contribution in [0.3, 0.4) is 0 Å². The van der Waals surface area contributed by atoms with Gasteiger partial charge in [-0.1, -0.05) is 32.0 Å². The molecule has 1 aromatic rings. The van der Waals surface area contributed by atoms with E-state index in [-0.39, 0.29) is 0 Å². The molecule has 0 aliphatic heterocycles. The summed E-state index contributed by atoms with van der Waals surface area (Å²) in [6.45, 7) is 4.72. The molecule has 1 aliphatic carbocycles. The van der Waals surface area contributed by atoms with E-state index in [4.69, 9.17) is 0 Å². The number of thioether (sulfide) groups is 1. The van der Waals surface area contributed by atoms with Crippen molar-refractivity contribution in [3.8, 4) is 0 Å². The van der Waals surface area contributed by atoms with Crippen LogP contribution >= 0.6 is 11.8 Å². The number of aromatic nitrogens is 2. The van der Waals surface area contributed by atoms with Gasteiger partial charge in [0.2, 0.25) is 0 Å². The Hall–Kier alpha value is -0.610. The number of hydrogen-bond donors (Lipinski definition) is 1. The second-order valence-corrected chi connectivity index (χ2v) is 6.61. The van der Waals surface area contributed by atoms with E-state index >= 15 is 0 Å². The van der Waals surface area contributed by atoms with E-state index in [1.807, 2.05) is 18.0 Å². The maximum Gasteiger partial charge on any atom is 0.115 e. The molecule has 1 N–H and O–H groups in total. The van der Waals surface area contributed by atoms with Crippen LogP contribution in [0, 0.1) is 5.41 Å². The Bertz CT molecular complexity index is 353. The van der Waals surface area contributed by atoms with Gasteiger partial charge in [0.05, 0.1) is 6.20 Å². The lowest BCUT2D eigenvalue weighted by molar-refractivity contribution is 0.182. The second-order valence-electron chi connectivity index (χ2n) is 5.35. The fourth-order valence-electron chi connectivity index (χ4n) is 2.79. The van der Waals surface area contributed by atoms with Gasteiger partial charge in [-0.25, -0.2) is 4.98 Å². The van der Waals surface area contributed by atoms with Crippen molar-refractivity contribution in [3.05, 3.63) is 18.6 Å². The van der Waals surface area contributed by atoms with Gasteiger partial charge in [0, 0.05) is 23.7 Å². The van der Waals surface area contributed by atoms with Gasteiger partial charge in [0.1, 0.15) is 5.03 Å². The Morgan fingerprint density at radius 3 is 2.88 bits per heavy atom. The lowest BCUT2D eigenvalue weighted by atomic mass is 9.73. The van der Waals surface area contributed by atoms with Gasteiger partial charge in [-0.15, -0.1) is 0 Å². The molecule has 1 fully saturated rings. The van der Waals surface area contributed by atoms with Crippen molar-refractivity contribution in [2.45, 2.75) is 49.4 Å². The lowest BCUT2D eigenvalue weighted by Crippen LogP contribution is -2.49. The molecule has 0 aromatic carbocycles. The summed E-state index contributed by atoms with van der Waals surface area (Å²) in [4.78, 5) is 8.50. The topological polar surface area (TPSA) is 37.8 Å². The maximum absolute atomic E-state index is 4.36. The molecule has 3 nitrogen and oxygen atoms in total. The molecule has 0 amide bonds. The Morgan fingerprint density at radius 1 is 1.41 bits per heavy atom. The molecular formula is C13H21N3S. The van der Waals surface area contributed by atoms with E-state index < -0.39 is 0 Å². The van der Waals surface area contributed by atoms with Gasteiger partial charge in [-0.05, 0) is 25.3 Å². The third-order valence-electron chi connectivity index (χ3n) is 3.65. The van der Waals surface area contributed by atoms with Gasteiger partial charge in [-0.3, -0.25) is 4.98 Å². The van der Waals surface area contributed by atoms with Crippen LogP contribution in [0.2, 0.25) is 0 Å². The molecule has 0 saturated heterocycles. The fraction of sp³-hybridized carbons (Fsp3) is 0.692. The molecule has 2 atom stereocenters. The molecule has 17 heavy (non-hydrogen) atoms. The molecule has 1 saturated carbocycles. The average Bonchev–Trinajstić information content (AvgIpc) is 2.29. The van der Waals surface area contributed by atoms with Gasteiger partial charge in [0.15, 0.2) is 0 Å². The van der Waals surface area contributed by atoms with E-state index in [1.54, 1.807) is 12.4 Å². The molecule has 94 valence electrons. The van der Waals surface area contributed by atoms with Gasteiger partial charge in [-0.2, -0.15) is 0 Å². The standard InChI is InChI=1S/C13H21N3S/c1-13(2)6-4-5-10(12(13)14-3)17-11-9-15-7-8-16-11/h7-10,12,14H,4-6H2,1-3H3. The lowest BCUT2D eigenvalue weighted by Gasteiger charge is -2.43. The molecule has 4 heteroatoms. The molecule has 1 heterocycles. The molecule has 2 rings (SSSR count). The van der Waals surface area contributed by atoms with Crippen molar-refractivity contribution in [3.63, 3.8) is 0 Å². The third kappa shape index (κ3) is 2.99. The van der Waals surface area contributed by atoms with Crippen LogP contribution in [-0.4, -0.2) is 28.3 Å². The van der Waals surface area contributed by atoms with E-state index in [9.17, 15) is 0 Å². The van der Waals surface area contributed by atoms with Crippen LogP contribution in [0.4, 0.5) is 0 Å². The first-order valence-corrected chi connectivity index (χ1v) is 7.11. The third-order valence-corrected chi connectivity index (χ3v) is 4.91. The van der Waals surface area contributed by atoms with Crippen LogP contribution < -0.4 is 5.32 Å². The number of hydrogen-bond acceptors (Lipinski definition) is 4. The minimum Gasteiger partial charge on any atom is -0.315 e. The summed E-state index contributed by atoms with van der Waals surface area (Å²) in [5, 5.41) is 5.13. The first-order chi connectivity index (χ1) is 8.13. The van der Waals surface area contributed by atoms with Gasteiger partial charge >= 0.3 is 0 Å². The molecule has 1 aliphatic rings. The predicted molar refractivity (Wildman–Crippen MR) is 72.2 cm³/mol. The predicted octanol–water partition coefficient (Wildman–Crippen LogP) is 2.74. The van der Waals surface area contributed by atoms with Crippen LogP contribution in [-0.2, 0) is 0 Å². The molecular weight excluding hydrogens is 230 g/mol. The first-order valence-electron chi connectivity index (χ1n) is 6.23. The van der Waals surface area contributed by atoms with Crippen LogP contribution in [0.5, 0.6) is 0 Å². The van der Waals surface area contributed by atoms with Crippen LogP contribution in [0.1, 0.15) is 33.1 Å². The van der Waals surface area contributed by atoms with Crippen molar-refractivity contribution < 1.29 is 0 Å². The van der Waals surface area contributed by atoms with E-state index in [0.717, 1.165) is 5.03 Å². The zero-order valence-electron chi connectivity index (χ0n) is 10.8. The quantitative estimate of drug-likeness (QED) is 0.896. The Balaban J connectivity index is 2.09. The highest BCUT2D eigenvalue weighted by atomic mass is 32.2. The Morgan fingerprint density at radius 2 is 2.24 bits per heavy atom. The van der Waals surface area contributed by atoms with Crippen molar-refractivity contribution in [2.75, 3.05) is 7.05 Å². The van der Waals surface area contributed by atoms with Crippen molar-refractivity contribution in [1.29, 1.82) is 0 Å². The van der Waals surface area contributed by atoms with Crippen LogP contribution in [0.15, 0.2) is 23.6 Å². The number of rotatable bonds is 3. The minimum absolute atomic E-state index is 0.368. The highest BCUT2D eigenvalue weighted by molar-refractivity contribution is 7.99. The molecule has 0 spiro atoms. The van der Waals surface area contributed by atoms with Gasteiger partial charge < -0.3 is 5.32 Å². The SMILES string of the molecule is CNC1C(Sc2cnccn2)CCCC1(C)C. The van der Waals surface area contributed by atoms with E-state index in [2.05, 4.69) is 36.2 Å². The summed E-state index contributed by atoms with van der Waals surface area (Å²) in [7, 11) is 2.07. The highest BCUT2D eigenvalue weighted by Gasteiger charge is 2.38. The summed E-state index contributed by atoms with van der Waals surface area (Å²) in [6.07, 6.45) is 9.23. The second kappa shape index (κ2) is 5.36. The monoisotopic (exact) mass is 251 g/mol. The summed E-state index contributed by atoms with van der Waals surface area (Å²) in [5.74, 6) is 0. The van der Waals surface area contributed by atoms with E-state index in [0.29, 0.717) is 16.7 Å². The highest BCUT2D eigenvalue weighted by Crippen LogP contribution is 2.42. The summed E-state index contributed by atoms with van der Waals surface area (Å²) in [5.41, 5.74) is 0.368. The molecule has 0 radical (unpaired) electrons. The molecule has 0 bridgehead atoms. The largest absolute Gasteiger partial charge is 0.315 e. The molecule has 1 aromatic heterocycles. The Labute approximate surface area is 108 Å². The summed E-state index contributed by atoms with van der Waals surface area (Å²) in [6, 6.07) is 0.545. The normalized spacial score (nSPS) is 27.9. The zero-order chi connectivity index (χ0) is 12.3. The zero-order valence-corrected chi connectivity index (χ0v) is 11.6. The van der Waals surface area contributed by atoms with E-state index in [1.165, 1.54) is 19.3 Å². The number of nitrogens with zero attached hydrogens (tertiary/aromatic N) is 2. The average molecular weight is 251 g/mol. The van der Waals surface area contributed by atoms with Crippen molar-refractivity contribution in [1.82, 2.24) is 15.3 Å². The van der Waals surface area contributed by atoms with Crippen molar-refractivity contribution in [2.24, 2.45) is 5.41 Å². The summed E-state index contributed by atoms with van der Waals surface area (Å²) >= 11 is 1.86. The minimum atomic E-state index is 0.368. The number of nitrogens with one attached hydrogen (secondary N) is 1. The first kappa shape index (κ1) is 12.8. The fourth-order valence-corrected chi connectivity index (χ4v) is 4.27.